The molecule has 2 N–H and O–H groups in total. The third-order valence-corrected chi connectivity index (χ3v) is 11.4. The summed E-state index contributed by atoms with van der Waals surface area (Å²) in [5.74, 6) is -1.03. The van der Waals surface area contributed by atoms with E-state index in [0.717, 1.165) is 7.94 Å². The lowest BCUT2D eigenvalue weighted by molar-refractivity contribution is 0.101. The molecule has 6 rings (SSSR count). The van der Waals surface area contributed by atoms with Crippen LogP contribution in [0.25, 0.3) is 0 Å². The molecule has 0 aliphatic rings. The van der Waals surface area contributed by atoms with Gasteiger partial charge in [0.05, 0.1) is 9.79 Å². The maximum Gasteiger partial charge on any atom is 0.274 e. The zero-order chi connectivity index (χ0) is 34.3. The molecule has 0 atom stereocenters. The van der Waals surface area contributed by atoms with Gasteiger partial charge in [0.1, 0.15) is 11.4 Å². The maximum atomic E-state index is 12.8. The summed E-state index contributed by atoms with van der Waals surface area (Å²) in [6.07, 6.45) is 2.71. The number of aromatic nitrogens is 2. The third kappa shape index (κ3) is 7.68. The van der Waals surface area contributed by atoms with Crippen molar-refractivity contribution in [3.63, 3.8) is 0 Å². The zero-order valence-electron chi connectivity index (χ0n) is 24.8. The van der Waals surface area contributed by atoms with Gasteiger partial charge in [-0.3, -0.25) is 9.59 Å². The Balaban J connectivity index is 0.000000188. The van der Waals surface area contributed by atoms with Crippen molar-refractivity contribution in [2.24, 2.45) is 0 Å². The minimum atomic E-state index is -3.86. The Labute approximate surface area is 294 Å². The molecular weight excluding hydrogens is 784 g/mol. The number of halogens is 2. The predicted octanol–water partition coefficient (Wildman–Crippen LogP) is 7.48. The number of amides is 2. The SMILES string of the molecule is O=C(Nc1ccccc1)c1c(Br)ccn1S(=O)(=O)c1ccccc1.O=C(Nc1ccccc1)c1c(Br)ccn1S(=O)(=O)c1ccccc1. The molecule has 0 radical (unpaired) electrons. The van der Waals surface area contributed by atoms with Gasteiger partial charge in [-0.05, 0) is 92.5 Å². The third-order valence-electron chi connectivity index (χ3n) is 6.70. The second-order valence-electron chi connectivity index (χ2n) is 9.89. The molecule has 0 unspecified atom stereocenters. The van der Waals surface area contributed by atoms with E-state index in [4.69, 9.17) is 0 Å². The van der Waals surface area contributed by atoms with E-state index in [1.165, 1.54) is 48.8 Å². The molecule has 0 bridgehead atoms. The van der Waals surface area contributed by atoms with Gasteiger partial charge in [-0.25, -0.2) is 24.8 Å². The van der Waals surface area contributed by atoms with Gasteiger partial charge in [-0.15, -0.1) is 0 Å². The summed E-state index contributed by atoms with van der Waals surface area (Å²) in [5.41, 5.74) is 1.20. The van der Waals surface area contributed by atoms with Crippen LogP contribution in [0.4, 0.5) is 11.4 Å². The molecule has 0 saturated heterocycles. The molecular formula is C34H26Br2N4O6S2. The summed E-state index contributed by atoms with van der Waals surface area (Å²) in [6.45, 7) is 0. The number of para-hydroxylation sites is 2. The highest BCUT2D eigenvalue weighted by atomic mass is 79.9. The van der Waals surface area contributed by atoms with Crippen molar-refractivity contribution in [1.29, 1.82) is 0 Å². The number of nitrogens with zero attached hydrogens (tertiary/aromatic N) is 2. The molecule has 0 saturated carbocycles. The Morgan fingerprint density at radius 3 is 1.06 bits per heavy atom. The number of nitrogens with one attached hydrogen (secondary N) is 2. The van der Waals surface area contributed by atoms with Gasteiger partial charge in [-0.2, -0.15) is 0 Å². The maximum absolute atomic E-state index is 12.8. The lowest BCUT2D eigenvalue weighted by Crippen LogP contribution is -2.22. The molecule has 14 heteroatoms. The highest BCUT2D eigenvalue weighted by Crippen LogP contribution is 2.26. The quantitative estimate of drug-likeness (QED) is 0.164. The first-order valence-electron chi connectivity index (χ1n) is 14.1. The van der Waals surface area contributed by atoms with Crippen LogP contribution in [-0.2, 0) is 20.0 Å². The Bertz CT molecular complexity index is 2100. The van der Waals surface area contributed by atoms with E-state index >= 15 is 0 Å². The van der Waals surface area contributed by atoms with Crippen LogP contribution in [0.15, 0.2) is 165 Å². The van der Waals surface area contributed by atoms with Gasteiger partial charge in [0.15, 0.2) is 0 Å². The molecule has 244 valence electrons. The summed E-state index contributed by atoms with van der Waals surface area (Å²) < 4.78 is 53.9. The van der Waals surface area contributed by atoms with Crippen molar-refractivity contribution in [2.75, 3.05) is 10.6 Å². The predicted molar refractivity (Wildman–Crippen MR) is 191 cm³/mol. The molecule has 10 nitrogen and oxygen atoms in total. The Morgan fingerprint density at radius 1 is 0.458 bits per heavy atom. The molecule has 0 spiro atoms. The van der Waals surface area contributed by atoms with Crippen molar-refractivity contribution in [3.8, 4) is 0 Å². The van der Waals surface area contributed by atoms with Crippen molar-refractivity contribution >= 4 is 75.1 Å². The molecule has 0 fully saturated rings. The van der Waals surface area contributed by atoms with E-state index in [1.807, 2.05) is 12.1 Å². The van der Waals surface area contributed by atoms with E-state index in [2.05, 4.69) is 42.5 Å². The fraction of sp³-hybridized carbons (Fsp3) is 0. The van der Waals surface area contributed by atoms with Gasteiger partial charge < -0.3 is 10.6 Å². The van der Waals surface area contributed by atoms with Gasteiger partial charge >= 0.3 is 0 Å². The van der Waals surface area contributed by atoms with E-state index < -0.39 is 31.9 Å². The first-order chi connectivity index (χ1) is 23.0. The standard InChI is InChI=1S/2C17H13BrN2O3S/c2*18-15-11-12-20(24(22,23)14-9-5-2-6-10-14)16(15)17(21)19-13-7-3-1-4-8-13/h2*1-12H,(H,19,21). The van der Waals surface area contributed by atoms with Gasteiger partial charge in [0.2, 0.25) is 0 Å². The highest BCUT2D eigenvalue weighted by molar-refractivity contribution is 9.10. The van der Waals surface area contributed by atoms with Crippen molar-refractivity contribution < 1.29 is 26.4 Å². The number of benzene rings is 4. The van der Waals surface area contributed by atoms with Crippen molar-refractivity contribution in [3.05, 3.63) is 166 Å². The van der Waals surface area contributed by atoms with E-state index in [1.54, 1.807) is 84.9 Å². The second kappa shape index (κ2) is 15.0. The molecule has 2 heterocycles. The van der Waals surface area contributed by atoms with Crippen LogP contribution in [0, 0.1) is 0 Å². The summed E-state index contributed by atoms with van der Waals surface area (Å²) >= 11 is 6.50. The number of rotatable bonds is 8. The van der Waals surface area contributed by atoms with E-state index in [-0.39, 0.29) is 21.2 Å². The lowest BCUT2D eigenvalue weighted by Gasteiger charge is -2.11. The molecule has 2 aromatic heterocycles. The van der Waals surface area contributed by atoms with E-state index in [0.29, 0.717) is 20.3 Å². The number of hydrogen-bond acceptors (Lipinski definition) is 6. The fourth-order valence-electron chi connectivity index (χ4n) is 4.44. The number of carbonyl (C=O) groups is 2. The zero-order valence-corrected chi connectivity index (χ0v) is 29.6. The molecule has 48 heavy (non-hydrogen) atoms. The first kappa shape index (κ1) is 34.6. The molecule has 6 aromatic rings. The molecule has 2 amide bonds. The van der Waals surface area contributed by atoms with E-state index in [9.17, 15) is 26.4 Å². The first-order valence-corrected chi connectivity index (χ1v) is 18.5. The topological polar surface area (TPSA) is 136 Å². The monoisotopic (exact) mass is 808 g/mol. The Hall–Kier alpha value is -4.76. The van der Waals surface area contributed by atoms with Crippen LogP contribution < -0.4 is 10.6 Å². The normalized spacial score (nSPS) is 11.2. The second-order valence-corrected chi connectivity index (χ2v) is 15.2. The van der Waals surface area contributed by atoms with Crippen LogP contribution in [0.1, 0.15) is 21.0 Å². The Kier molecular flexibility index (Phi) is 10.8. The van der Waals surface area contributed by atoms with Gasteiger partial charge in [0, 0.05) is 32.7 Å². The molecule has 0 aliphatic heterocycles. The number of carbonyl (C=O) groups excluding carboxylic acids is 2. The summed E-state index contributed by atoms with van der Waals surface area (Å²) in [7, 11) is -7.72. The van der Waals surface area contributed by atoms with Crippen molar-refractivity contribution in [2.45, 2.75) is 9.79 Å². The van der Waals surface area contributed by atoms with Crippen LogP contribution in [0.2, 0.25) is 0 Å². The summed E-state index contributed by atoms with van der Waals surface area (Å²) in [6, 6.07) is 36.7. The minimum absolute atomic E-state index is 0.0164. The lowest BCUT2D eigenvalue weighted by atomic mass is 10.3. The van der Waals surface area contributed by atoms with Crippen molar-refractivity contribution in [1.82, 2.24) is 7.94 Å². The van der Waals surface area contributed by atoms with Crippen LogP contribution in [0.3, 0.4) is 0 Å². The van der Waals surface area contributed by atoms with Crippen LogP contribution in [-0.4, -0.2) is 36.6 Å². The van der Waals surface area contributed by atoms with Gasteiger partial charge in [0.25, 0.3) is 31.9 Å². The fourth-order valence-corrected chi connectivity index (χ4v) is 8.39. The van der Waals surface area contributed by atoms with Crippen LogP contribution >= 0.6 is 31.9 Å². The molecule has 4 aromatic carbocycles. The number of anilines is 2. The highest BCUT2D eigenvalue weighted by Gasteiger charge is 2.27. The van der Waals surface area contributed by atoms with Crippen LogP contribution in [0.5, 0.6) is 0 Å². The van der Waals surface area contributed by atoms with Gasteiger partial charge in [-0.1, -0.05) is 72.8 Å². The minimum Gasteiger partial charge on any atom is -0.321 e. The number of hydrogen-bond donors (Lipinski definition) is 2. The molecule has 0 aliphatic carbocycles. The smallest absolute Gasteiger partial charge is 0.274 e. The average Bonchev–Trinajstić information content (AvgIpc) is 3.70. The Morgan fingerprint density at radius 2 is 0.750 bits per heavy atom. The largest absolute Gasteiger partial charge is 0.321 e. The summed E-state index contributed by atoms with van der Waals surface area (Å²) in [5, 5.41) is 5.39. The average molecular weight is 811 g/mol. The summed E-state index contributed by atoms with van der Waals surface area (Å²) in [4.78, 5) is 25.4.